The van der Waals surface area contributed by atoms with Gasteiger partial charge in [-0.2, -0.15) is 0 Å². The molecular formula is C23H27N5O2. The van der Waals surface area contributed by atoms with E-state index >= 15 is 0 Å². The molecule has 1 fully saturated rings. The molecule has 1 unspecified atom stereocenters. The molecule has 7 heteroatoms. The first-order valence-electron chi connectivity index (χ1n) is 10.5. The smallest absolute Gasteiger partial charge is 0.295 e. The predicted octanol–water partition coefficient (Wildman–Crippen LogP) is 2.58. The second-order valence-corrected chi connectivity index (χ2v) is 8.11. The van der Waals surface area contributed by atoms with Crippen LogP contribution in [0.4, 0.5) is 5.82 Å². The number of fused-ring (bicyclic) bond motifs is 1. The third-order valence-electron chi connectivity index (χ3n) is 5.39. The van der Waals surface area contributed by atoms with Crippen LogP contribution in [-0.4, -0.2) is 39.6 Å². The summed E-state index contributed by atoms with van der Waals surface area (Å²) in [5.74, 6) is 0.296. The van der Waals surface area contributed by atoms with E-state index < -0.39 is 0 Å². The highest BCUT2D eigenvalue weighted by Crippen LogP contribution is 2.22. The molecule has 0 bridgehead atoms. The van der Waals surface area contributed by atoms with E-state index in [0.29, 0.717) is 36.6 Å². The summed E-state index contributed by atoms with van der Waals surface area (Å²) in [6.07, 6.45) is 3.35. The molecule has 3 heterocycles. The molecule has 1 N–H and O–H groups in total. The molecule has 0 aliphatic carbocycles. The highest BCUT2D eigenvalue weighted by Gasteiger charge is 2.29. The fraction of sp³-hybridized carbons (Fsp3) is 0.391. The Kier molecular flexibility index (Phi) is 5.79. The number of nitrogens with zero attached hydrogens (tertiary/aromatic N) is 4. The van der Waals surface area contributed by atoms with E-state index in [1.54, 1.807) is 10.8 Å². The van der Waals surface area contributed by atoms with E-state index in [-0.39, 0.29) is 23.4 Å². The van der Waals surface area contributed by atoms with Gasteiger partial charge in [-0.15, -0.1) is 0 Å². The summed E-state index contributed by atoms with van der Waals surface area (Å²) in [5, 5.41) is 2.99. The Morgan fingerprint density at radius 2 is 2.00 bits per heavy atom. The van der Waals surface area contributed by atoms with Gasteiger partial charge >= 0.3 is 0 Å². The van der Waals surface area contributed by atoms with Crippen molar-refractivity contribution in [1.82, 2.24) is 19.9 Å². The Labute approximate surface area is 175 Å². The maximum atomic E-state index is 13.5. The number of benzene rings is 1. The zero-order valence-corrected chi connectivity index (χ0v) is 17.4. The first-order chi connectivity index (χ1) is 14.5. The predicted molar refractivity (Wildman–Crippen MR) is 118 cm³/mol. The van der Waals surface area contributed by atoms with Crippen LogP contribution in [0, 0.1) is 5.92 Å². The van der Waals surface area contributed by atoms with Crippen LogP contribution in [0.15, 0.2) is 53.5 Å². The van der Waals surface area contributed by atoms with Gasteiger partial charge in [0.05, 0.1) is 12.5 Å². The highest BCUT2D eigenvalue weighted by molar-refractivity contribution is 5.80. The van der Waals surface area contributed by atoms with Crippen molar-refractivity contribution in [3.63, 3.8) is 0 Å². The maximum absolute atomic E-state index is 13.5. The Balaban J connectivity index is 1.71. The van der Waals surface area contributed by atoms with E-state index in [4.69, 9.17) is 0 Å². The number of hydrogen-bond donors (Lipinski definition) is 1. The van der Waals surface area contributed by atoms with Crippen molar-refractivity contribution in [3.05, 3.63) is 64.6 Å². The lowest BCUT2D eigenvalue weighted by Gasteiger charge is -2.33. The number of piperidine rings is 1. The molecule has 1 aromatic carbocycles. The van der Waals surface area contributed by atoms with E-state index in [1.807, 2.05) is 61.2 Å². The summed E-state index contributed by atoms with van der Waals surface area (Å²) in [7, 11) is 0. The van der Waals surface area contributed by atoms with Crippen molar-refractivity contribution in [2.75, 3.05) is 18.0 Å². The van der Waals surface area contributed by atoms with Gasteiger partial charge in [0, 0.05) is 25.3 Å². The summed E-state index contributed by atoms with van der Waals surface area (Å²) in [6, 6.07) is 13.7. The molecular weight excluding hydrogens is 378 g/mol. The fourth-order valence-electron chi connectivity index (χ4n) is 3.97. The lowest BCUT2D eigenvalue weighted by molar-refractivity contribution is -0.125. The highest BCUT2D eigenvalue weighted by atomic mass is 16.2. The number of pyridine rings is 1. The van der Waals surface area contributed by atoms with Crippen LogP contribution < -0.4 is 15.8 Å². The number of amides is 1. The fourth-order valence-corrected chi connectivity index (χ4v) is 3.97. The molecule has 3 aromatic rings. The molecule has 1 aliphatic rings. The first-order valence-corrected chi connectivity index (χ1v) is 10.5. The number of rotatable bonds is 5. The van der Waals surface area contributed by atoms with E-state index in [0.717, 1.165) is 18.4 Å². The molecule has 30 heavy (non-hydrogen) atoms. The summed E-state index contributed by atoms with van der Waals surface area (Å²) in [6.45, 7) is 5.55. The number of nitrogens with one attached hydrogen (secondary N) is 1. The second-order valence-electron chi connectivity index (χ2n) is 8.11. The number of hydrogen-bond acceptors (Lipinski definition) is 5. The molecule has 7 nitrogen and oxygen atoms in total. The van der Waals surface area contributed by atoms with Gasteiger partial charge in [0.1, 0.15) is 5.52 Å². The van der Waals surface area contributed by atoms with Crippen molar-refractivity contribution in [2.24, 2.45) is 5.92 Å². The SMILES string of the molecule is CC(C)NC(=O)C1CCCN(c2nc3cccnc3n(Cc3ccccc3)c2=O)C1. The third kappa shape index (κ3) is 4.20. The normalized spacial score (nSPS) is 16.8. The van der Waals surface area contributed by atoms with Crippen molar-refractivity contribution in [3.8, 4) is 0 Å². The average molecular weight is 406 g/mol. The molecule has 1 atom stereocenters. The van der Waals surface area contributed by atoms with Gasteiger partial charge in [-0.25, -0.2) is 9.97 Å². The van der Waals surface area contributed by atoms with Crippen molar-refractivity contribution < 1.29 is 4.79 Å². The van der Waals surface area contributed by atoms with Crippen LogP contribution in [-0.2, 0) is 11.3 Å². The largest absolute Gasteiger partial charge is 0.354 e. The zero-order chi connectivity index (χ0) is 21.1. The molecule has 156 valence electrons. The molecule has 1 saturated heterocycles. The van der Waals surface area contributed by atoms with Crippen molar-refractivity contribution in [1.29, 1.82) is 0 Å². The van der Waals surface area contributed by atoms with Crippen LogP contribution in [0.2, 0.25) is 0 Å². The van der Waals surface area contributed by atoms with Gasteiger partial charge in [-0.05, 0) is 44.4 Å². The lowest BCUT2D eigenvalue weighted by atomic mass is 9.97. The van der Waals surface area contributed by atoms with Gasteiger partial charge in [0.15, 0.2) is 11.5 Å². The molecule has 0 spiro atoms. The Hall–Kier alpha value is -3.22. The van der Waals surface area contributed by atoms with E-state index in [2.05, 4.69) is 15.3 Å². The molecule has 2 aromatic heterocycles. The number of aromatic nitrogens is 3. The first kappa shape index (κ1) is 20.1. The van der Waals surface area contributed by atoms with Crippen LogP contribution in [0.3, 0.4) is 0 Å². The van der Waals surface area contributed by atoms with Crippen LogP contribution in [0.25, 0.3) is 11.2 Å². The Morgan fingerprint density at radius 3 is 2.77 bits per heavy atom. The van der Waals surface area contributed by atoms with Gasteiger partial charge in [0.25, 0.3) is 5.56 Å². The summed E-state index contributed by atoms with van der Waals surface area (Å²) < 4.78 is 1.69. The van der Waals surface area contributed by atoms with Crippen LogP contribution in [0.5, 0.6) is 0 Å². The number of carbonyl (C=O) groups is 1. The topological polar surface area (TPSA) is 80.1 Å². The minimum absolute atomic E-state index is 0.0433. The van der Waals surface area contributed by atoms with Crippen molar-refractivity contribution >= 4 is 22.9 Å². The monoisotopic (exact) mass is 405 g/mol. The summed E-state index contributed by atoms with van der Waals surface area (Å²) in [4.78, 5) is 37.0. The third-order valence-corrected chi connectivity index (χ3v) is 5.39. The molecule has 0 saturated carbocycles. The average Bonchev–Trinajstić information content (AvgIpc) is 2.76. The number of anilines is 1. The van der Waals surface area contributed by atoms with Gasteiger partial charge in [-0.3, -0.25) is 14.2 Å². The minimum Gasteiger partial charge on any atom is -0.354 e. The van der Waals surface area contributed by atoms with Crippen LogP contribution >= 0.6 is 0 Å². The van der Waals surface area contributed by atoms with Gasteiger partial charge in [0.2, 0.25) is 5.91 Å². The van der Waals surface area contributed by atoms with Gasteiger partial charge < -0.3 is 10.2 Å². The molecule has 4 rings (SSSR count). The van der Waals surface area contributed by atoms with E-state index in [1.165, 1.54) is 0 Å². The minimum atomic E-state index is -0.171. The number of carbonyl (C=O) groups excluding carboxylic acids is 1. The molecule has 1 amide bonds. The quantitative estimate of drug-likeness (QED) is 0.706. The van der Waals surface area contributed by atoms with E-state index in [9.17, 15) is 9.59 Å². The summed E-state index contributed by atoms with van der Waals surface area (Å²) in [5.41, 5.74) is 2.10. The Morgan fingerprint density at radius 1 is 1.20 bits per heavy atom. The van der Waals surface area contributed by atoms with Crippen molar-refractivity contribution in [2.45, 2.75) is 39.3 Å². The van der Waals surface area contributed by atoms with Gasteiger partial charge in [-0.1, -0.05) is 30.3 Å². The molecule has 0 radical (unpaired) electrons. The van der Waals surface area contributed by atoms with Crippen LogP contribution in [0.1, 0.15) is 32.3 Å². The standard InChI is InChI=1S/C23H27N5O2/c1-16(2)25-22(29)18-10-7-13-27(15-18)21-23(30)28(14-17-8-4-3-5-9-17)20-19(26-21)11-6-12-24-20/h3-6,8-9,11-12,16,18H,7,10,13-15H2,1-2H3,(H,25,29). The molecule has 1 aliphatic heterocycles. The zero-order valence-electron chi connectivity index (χ0n) is 17.4. The summed E-state index contributed by atoms with van der Waals surface area (Å²) >= 11 is 0. The second kappa shape index (κ2) is 8.65. The Bertz CT molecular complexity index is 1090. The lowest BCUT2D eigenvalue weighted by Crippen LogP contribution is -2.46. The maximum Gasteiger partial charge on any atom is 0.295 e.